The van der Waals surface area contributed by atoms with Gasteiger partial charge < -0.3 is 5.32 Å². The first-order valence-corrected chi connectivity index (χ1v) is 11.3. The molecule has 7 nitrogen and oxygen atoms in total. The Balaban J connectivity index is 1.39. The van der Waals surface area contributed by atoms with Gasteiger partial charge in [0, 0.05) is 30.2 Å². The third-order valence-corrected chi connectivity index (χ3v) is 6.36. The SMILES string of the molecule is O=C(Nc1ccn(Cc2ccncc2)n1)c1ccc(CS(=O)(=O)c2ccccc2)cc1. The highest BCUT2D eigenvalue weighted by Crippen LogP contribution is 2.17. The lowest BCUT2D eigenvalue weighted by molar-refractivity contribution is 0.102. The number of nitrogens with zero attached hydrogens (tertiary/aromatic N) is 3. The van der Waals surface area contributed by atoms with Gasteiger partial charge in [0.1, 0.15) is 0 Å². The summed E-state index contributed by atoms with van der Waals surface area (Å²) in [6, 6.07) is 20.4. The first kappa shape index (κ1) is 20.5. The van der Waals surface area contributed by atoms with Gasteiger partial charge in [-0.3, -0.25) is 14.5 Å². The van der Waals surface area contributed by atoms with Crippen LogP contribution in [0.5, 0.6) is 0 Å². The summed E-state index contributed by atoms with van der Waals surface area (Å²) in [5, 5.41) is 7.11. The molecule has 4 aromatic rings. The Bertz CT molecular complexity index is 1270. The largest absolute Gasteiger partial charge is 0.305 e. The molecule has 0 aliphatic heterocycles. The van der Waals surface area contributed by atoms with Gasteiger partial charge in [-0.25, -0.2) is 8.42 Å². The fourth-order valence-electron chi connectivity index (χ4n) is 3.06. The van der Waals surface area contributed by atoms with Crippen LogP contribution in [0.2, 0.25) is 0 Å². The number of benzene rings is 2. The average Bonchev–Trinajstić information content (AvgIpc) is 3.22. The van der Waals surface area contributed by atoms with Crippen molar-refractivity contribution in [2.75, 3.05) is 5.32 Å². The minimum Gasteiger partial charge on any atom is -0.305 e. The van der Waals surface area contributed by atoms with E-state index in [1.54, 1.807) is 83.9 Å². The second-order valence-corrected chi connectivity index (χ2v) is 8.97. The summed E-state index contributed by atoms with van der Waals surface area (Å²) in [6.07, 6.45) is 5.22. The Hall–Kier alpha value is -3.78. The van der Waals surface area contributed by atoms with Crippen LogP contribution in [0.25, 0.3) is 0 Å². The van der Waals surface area contributed by atoms with Crippen molar-refractivity contribution in [3.63, 3.8) is 0 Å². The number of hydrogen-bond acceptors (Lipinski definition) is 5. The minimum absolute atomic E-state index is 0.127. The number of anilines is 1. The number of aromatic nitrogens is 3. The second kappa shape index (κ2) is 8.93. The van der Waals surface area contributed by atoms with E-state index in [0.717, 1.165) is 5.56 Å². The number of pyridine rings is 1. The zero-order chi connectivity index (χ0) is 21.7. The highest BCUT2D eigenvalue weighted by atomic mass is 32.2. The van der Waals surface area contributed by atoms with Crippen LogP contribution in [0.1, 0.15) is 21.5 Å². The number of nitrogens with one attached hydrogen (secondary N) is 1. The molecule has 0 aliphatic rings. The van der Waals surface area contributed by atoms with Gasteiger partial charge >= 0.3 is 0 Å². The van der Waals surface area contributed by atoms with Crippen molar-refractivity contribution in [2.24, 2.45) is 0 Å². The molecule has 0 saturated carbocycles. The molecule has 0 aliphatic carbocycles. The molecule has 2 heterocycles. The van der Waals surface area contributed by atoms with E-state index in [0.29, 0.717) is 23.5 Å². The smallest absolute Gasteiger partial charge is 0.256 e. The van der Waals surface area contributed by atoms with Crippen molar-refractivity contribution in [2.45, 2.75) is 17.2 Å². The van der Waals surface area contributed by atoms with E-state index in [1.165, 1.54) is 0 Å². The van der Waals surface area contributed by atoms with Crippen LogP contribution < -0.4 is 5.32 Å². The fourth-order valence-corrected chi connectivity index (χ4v) is 4.43. The van der Waals surface area contributed by atoms with Gasteiger partial charge in [0.15, 0.2) is 15.7 Å². The van der Waals surface area contributed by atoms with Gasteiger partial charge in [0.25, 0.3) is 5.91 Å². The van der Waals surface area contributed by atoms with E-state index in [9.17, 15) is 13.2 Å². The predicted octanol–water partition coefficient (Wildman–Crippen LogP) is 3.55. The molecule has 0 fully saturated rings. The Kier molecular flexibility index (Phi) is 5.90. The first-order valence-electron chi connectivity index (χ1n) is 9.60. The maximum Gasteiger partial charge on any atom is 0.256 e. The molecule has 0 radical (unpaired) electrons. The molecule has 0 spiro atoms. The van der Waals surface area contributed by atoms with E-state index >= 15 is 0 Å². The third kappa shape index (κ3) is 5.23. The van der Waals surface area contributed by atoms with Crippen LogP contribution in [0.3, 0.4) is 0 Å². The van der Waals surface area contributed by atoms with Gasteiger partial charge in [-0.15, -0.1) is 0 Å². The lowest BCUT2D eigenvalue weighted by atomic mass is 10.1. The van der Waals surface area contributed by atoms with E-state index < -0.39 is 9.84 Å². The molecule has 4 rings (SSSR count). The summed E-state index contributed by atoms with van der Waals surface area (Å²) in [6.45, 7) is 0.572. The van der Waals surface area contributed by atoms with Crippen LogP contribution in [-0.2, 0) is 22.1 Å². The molecule has 1 amide bonds. The molecule has 0 bridgehead atoms. The van der Waals surface area contributed by atoms with Gasteiger partial charge in [-0.2, -0.15) is 5.10 Å². The third-order valence-electron chi connectivity index (χ3n) is 4.65. The second-order valence-electron chi connectivity index (χ2n) is 6.98. The van der Waals surface area contributed by atoms with E-state index in [4.69, 9.17) is 0 Å². The van der Waals surface area contributed by atoms with Crippen molar-refractivity contribution in [1.82, 2.24) is 14.8 Å². The molecule has 8 heteroatoms. The van der Waals surface area contributed by atoms with E-state index in [2.05, 4.69) is 15.4 Å². The zero-order valence-corrected chi connectivity index (χ0v) is 17.4. The van der Waals surface area contributed by atoms with Crippen molar-refractivity contribution in [3.8, 4) is 0 Å². The summed E-state index contributed by atoms with van der Waals surface area (Å²) in [5.41, 5.74) is 2.09. The Morgan fingerprint density at radius 3 is 2.29 bits per heavy atom. The van der Waals surface area contributed by atoms with Gasteiger partial charge in [-0.1, -0.05) is 30.3 Å². The maximum absolute atomic E-state index is 12.5. The standard InChI is InChI=1S/C23H20N4O3S/c28-23(25-22-12-15-27(26-22)16-18-10-13-24-14-11-18)20-8-6-19(7-9-20)17-31(29,30)21-4-2-1-3-5-21/h1-15H,16-17H2,(H,25,26,28). The average molecular weight is 433 g/mol. The van der Waals surface area contributed by atoms with E-state index in [-0.39, 0.29) is 16.6 Å². The Morgan fingerprint density at radius 1 is 0.871 bits per heavy atom. The molecule has 0 unspecified atom stereocenters. The van der Waals surface area contributed by atoms with Gasteiger partial charge in [0.2, 0.25) is 0 Å². The fraction of sp³-hybridized carbons (Fsp3) is 0.0870. The van der Waals surface area contributed by atoms with Crippen molar-refractivity contribution in [3.05, 3.63) is 108 Å². The molecule has 0 atom stereocenters. The molecule has 31 heavy (non-hydrogen) atoms. The predicted molar refractivity (Wildman–Crippen MR) is 117 cm³/mol. The molecule has 2 aromatic heterocycles. The number of sulfone groups is 1. The topological polar surface area (TPSA) is 93.9 Å². The van der Waals surface area contributed by atoms with Gasteiger partial charge in [0.05, 0.1) is 17.2 Å². The molecule has 156 valence electrons. The number of hydrogen-bond donors (Lipinski definition) is 1. The van der Waals surface area contributed by atoms with Crippen LogP contribution in [0.4, 0.5) is 5.82 Å². The molecular formula is C23H20N4O3S. The lowest BCUT2D eigenvalue weighted by Crippen LogP contribution is -2.13. The van der Waals surface area contributed by atoms with Crippen molar-refractivity contribution < 1.29 is 13.2 Å². The number of amides is 1. The van der Waals surface area contributed by atoms with Crippen molar-refractivity contribution >= 4 is 21.6 Å². The minimum atomic E-state index is -3.44. The molecule has 2 aromatic carbocycles. The highest BCUT2D eigenvalue weighted by molar-refractivity contribution is 7.90. The van der Waals surface area contributed by atoms with Crippen molar-refractivity contribution in [1.29, 1.82) is 0 Å². The zero-order valence-electron chi connectivity index (χ0n) is 16.5. The normalized spacial score (nSPS) is 11.2. The molecule has 0 saturated heterocycles. The monoisotopic (exact) mass is 432 g/mol. The maximum atomic E-state index is 12.5. The molecular weight excluding hydrogens is 412 g/mol. The van der Waals surface area contributed by atoms with Crippen LogP contribution in [0, 0.1) is 0 Å². The highest BCUT2D eigenvalue weighted by Gasteiger charge is 2.15. The summed E-state index contributed by atoms with van der Waals surface area (Å²) < 4.78 is 26.7. The first-order chi connectivity index (χ1) is 15.0. The van der Waals surface area contributed by atoms with E-state index in [1.807, 2.05) is 12.1 Å². The Morgan fingerprint density at radius 2 is 1.58 bits per heavy atom. The number of carbonyl (C=O) groups excluding carboxylic acids is 1. The van der Waals surface area contributed by atoms with Crippen LogP contribution in [0.15, 0.2) is 96.3 Å². The summed E-state index contributed by atoms with van der Waals surface area (Å²) in [5.74, 6) is -0.000351. The van der Waals surface area contributed by atoms with Crippen LogP contribution in [-0.4, -0.2) is 29.1 Å². The summed E-state index contributed by atoms with van der Waals surface area (Å²) in [4.78, 5) is 16.8. The summed E-state index contributed by atoms with van der Waals surface area (Å²) >= 11 is 0. The summed E-state index contributed by atoms with van der Waals surface area (Å²) in [7, 11) is -3.44. The Labute approximate surface area is 180 Å². The lowest BCUT2D eigenvalue weighted by Gasteiger charge is -2.06. The quantitative estimate of drug-likeness (QED) is 0.482. The van der Waals surface area contributed by atoms with Gasteiger partial charge in [-0.05, 0) is 47.5 Å². The molecule has 1 N–H and O–H groups in total. The number of carbonyl (C=O) groups is 1. The van der Waals surface area contributed by atoms with Crippen LogP contribution >= 0.6 is 0 Å². The number of rotatable bonds is 7.